The molecule has 1 aromatic heterocycles. The first kappa shape index (κ1) is 13.6. The monoisotopic (exact) mass is 288 g/mol. The zero-order valence-electron chi connectivity index (χ0n) is 10.2. The summed E-state index contributed by atoms with van der Waals surface area (Å²) in [5.74, 6) is -0.133. The minimum Gasteiger partial charge on any atom is -0.409 e. The highest BCUT2D eigenvalue weighted by Crippen LogP contribution is 2.17. The van der Waals surface area contributed by atoms with Gasteiger partial charge in [0.2, 0.25) is 0 Å². The molecule has 1 saturated heterocycles. The van der Waals surface area contributed by atoms with Gasteiger partial charge in [-0.15, -0.1) is 0 Å². The van der Waals surface area contributed by atoms with E-state index in [1.165, 1.54) is 10.5 Å². The van der Waals surface area contributed by atoms with E-state index in [0.717, 1.165) is 19.3 Å². The largest absolute Gasteiger partial charge is 0.409 e. The molecule has 2 heterocycles. The number of piperidine rings is 1. The van der Waals surface area contributed by atoms with E-state index in [2.05, 4.69) is 20.1 Å². The van der Waals surface area contributed by atoms with Gasteiger partial charge in [0.1, 0.15) is 5.82 Å². The Labute approximate surface area is 110 Å². The highest BCUT2D eigenvalue weighted by molar-refractivity contribution is 7.90. The molecule has 5 N–H and O–H groups in total. The fourth-order valence-electron chi connectivity index (χ4n) is 1.91. The smallest absolute Gasteiger partial charge is 0.302 e. The van der Waals surface area contributed by atoms with Gasteiger partial charge in [0.25, 0.3) is 0 Å². The van der Waals surface area contributed by atoms with Gasteiger partial charge >= 0.3 is 10.2 Å². The summed E-state index contributed by atoms with van der Waals surface area (Å²) in [4.78, 5) is 0. The summed E-state index contributed by atoms with van der Waals surface area (Å²) in [6, 6.07) is 0. The van der Waals surface area contributed by atoms with E-state index in [-0.39, 0.29) is 17.2 Å². The number of nitrogens with zero attached hydrogens (tertiary/aromatic N) is 3. The van der Waals surface area contributed by atoms with Gasteiger partial charge in [-0.3, -0.25) is 9.82 Å². The molecule has 0 radical (unpaired) electrons. The van der Waals surface area contributed by atoms with Crippen LogP contribution in [0.2, 0.25) is 0 Å². The van der Waals surface area contributed by atoms with Crippen molar-refractivity contribution in [1.29, 1.82) is 0 Å². The van der Waals surface area contributed by atoms with Crippen LogP contribution < -0.4 is 10.5 Å². The molecule has 0 atom stereocenters. The standard InChI is InChI=1S/C9H16N6O3S/c10-8(13-16)7-6-11-12-9(7)14-19(17,18)15-4-2-1-3-5-15/h6,16H,1-5H2,(H2,10,13)(H2,11,12,14). The SMILES string of the molecule is NC(=NO)c1cn[nH]c1NS(=O)(=O)N1CCCCC1. The van der Waals surface area contributed by atoms with Gasteiger partial charge in [-0.1, -0.05) is 11.6 Å². The fourth-order valence-corrected chi connectivity index (χ4v) is 3.19. The molecule has 9 nitrogen and oxygen atoms in total. The molecule has 106 valence electrons. The number of amidine groups is 1. The maximum Gasteiger partial charge on any atom is 0.302 e. The van der Waals surface area contributed by atoms with E-state index < -0.39 is 10.2 Å². The van der Waals surface area contributed by atoms with Gasteiger partial charge in [-0.2, -0.15) is 17.8 Å². The lowest BCUT2D eigenvalue weighted by atomic mass is 10.2. The van der Waals surface area contributed by atoms with Crippen LogP contribution in [0.5, 0.6) is 0 Å². The first-order valence-electron chi connectivity index (χ1n) is 5.84. The summed E-state index contributed by atoms with van der Waals surface area (Å²) >= 11 is 0. The molecule has 2 rings (SSSR count). The van der Waals surface area contributed by atoms with Crippen molar-refractivity contribution in [2.75, 3.05) is 17.8 Å². The molecule has 0 saturated carbocycles. The number of oxime groups is 1. The quantitative estimate of drug-likeness (QED) is 0.260. The van der Waals surface area contributed by atoms with Crippen LogP contribution in [-0.4, -0.2) is 47.1 Å². The highest BCUT2D eigenvalue weighted by atomic mass is 32.2. The lowest BCUT2D eigenvalue weighted by molar-refractivity contribution is 0.318. The molecule has 0 amide bonds. The lowest BCUT2D eigenvalue weighted by Gasteiger charge is -2.25. The van der Waals surface area contributed by atoms with Gasteiger partial charge in [0, 0.05) is 13.1 Å². The van der Waals surface area contributed by atoms with Crippen LogP contribution in [-0.2, 0) is 10.2 Å². The molecule has 10 heteroatoms. The molecular weight excluding hydrogens is 272 g/mol. The Morgan fingerprint density at radius 2 is 2.16 bits per heavy atom. The minimum atomic E-state index is -3.65. The van der Waals surface area contributed by atoms with Gasteiger partial charge < -0.3 is 10.9 Å². The van der Waals surface area contributed by atoms with E-state index >= 15 is 0 Å². The Kier molecular flexibility index (Phi) is 3.90. The topological polar surface area (TPSA) is 137 Å². The Balaban J connectivity index is 2.18. The van der Waals surface area contributed by atoms with Crippen LogP contribution in [0.25, 0.3) is 0 Å². The molecule has 0 aromatic carbocycles. The molecule has 1 fully saturated rings. The van der Waals surface area contributed by atoms with Crippen molar-refractivity contribution in [3.63, 3.8) is 0 Å². The molecule has 19 heavy (non-hydrogen) atoms. The third-order valence-corrected chi connectivity index (χ3v) is 4.42. The highest BCUT2D eigenvalue weighted by Gasteiger charge is 2.25. The van der Waals surface area contributed by atoms with Crippen LogP contribution in [0.1, 0.15) is 24.8 Å². The average Bonchev–Trinajstić information content (AvgIpc) is 2.86. The maximum absolute atomic E-state index is 12.1. The Hall–Kier alpha value is -1.81. The van der Waals surface area contributed by atoms with Crippen LogP contribution in [0.15, 0.2) is 11.4 Å². The van der Waals surface area contributed by atoms with Crippen LogP contribution in [0, 0.1) is 0 Å². The molecule has 0 unspecified atom stereocenters. The van der Waals surface area contributed by atoms with E-state index in [0.29, 0.717) is 13.1 Å². The molecule has 0 spiro atoms. The van der Waals surface area contributed by atoms with E-state index in [9.17, 15) is 8.42 Å². The Morgan fingerprint density at radius 3 is 2.79 bits per heavy atom. The number of aromatic nitrogens is 2. The van der Waals surface area contributed by atoms with Crippen molar-refractivity contribution in [3.05, 3.63) is 11.8 Å². The second kappa shape index (κ2) is 5.45. The first-order valence-corrected chi connectivity index (χ1v) is 7.28. The van der Waals surface area contributed by atoms with Crippen LogP contribution in [0.4, 0.5) is 5.82 Å². The Morgan fingerprint density at radius 1 is 1.47 bits per heavy atom. The third-order valence-electron chi connectivity index (χ3n) is 2.91. The van der Waals surface area contributed by atoms with Crippen molar-refractivity contribution in [1.82, 2.24) is 14.5 Å². The number of hydrogen-bond donors (Lipinski definition) is 4. The third kappa shape index (κ3) is 2.96. The summed E-state index contributed by atoms with van der Waals surface area (Å²) < 4.78 is 28.0. The van der Waals surface area contributed by atoms with Crippen molar-refractivity contribution in [2.45, 2.75) is 19.3 Å². The second-order valence-electron chi connectivity index (χ2n) is 4.21. The summed E-state index contributed by atoms with van der Waals surface area (Å²) in [6.07, 6.45) is 4.00. The zero-order chi connectivity index (χ0) is 13.9. The minimum absolute atomic E-state index is 0.0841. The number of hydrogen-bond acceptors (Lipinski definition) is 5. The average molecular weight is 288 g/mol. The number of nitrogens with two attached hydrogens (primary N) is 1. The number of anilines is 1. The summed E-state index contributed by atoms with van der Waals surface area (Å²) in [5, 5.41) is 17.6. The molecular formula is C9H16N6O3S. The fraction of sp³-hybridized carbons (Fsp3) is 0.556. The predicted molar refractivity (Wildman–Crippen MR) is 69.1 cm³/mol. The second-order valence-corrected chi connectivity index (χ2v) is 5.88. The summed E-state index contributed by atoms with van der Waals surface area (Å²) in [5.41, 5.74) is 5.63. The number of nitrogens with one attached hydrogen (secondary N) is 2. The summed E-state index contributed by atoms with van der Waals surface area (Å²) in [6.45, 7) is 0.977. The number of aromatic amines is 1. The predicted octanol–water partition coefficient (Wildman–Crippen LogP) is -0.353. The molecule has 0 aliphatic carbocycles. The van der Waals surface area contributed by atoms with Crippen molar-refractivity contribution >= 4 is 21.9 Å². The summed E-state index contributed by atoms with van der Waals surface area (Å²) in [7, 11) is -3.65. The maximum atomic E-state index is 12.1. The van der Waals surface area contributed by atoms with Crippen LogP contribution >= 0.6 is 0 Å². The zero-order valence-corrected chi connectivity index (χ0v) is 11.0. The van der Waals surface area contributed by atoms with Gasteiger partial charge in [-0.05, 0) is 12.8 Å². The van der Waals surface area contributed by atoms with Crippen LogP contribution in [0.3, 0.4) is 0 Å². The van der Waals surface area contributed by atoms with Gasteiger partial charge in [-0.25, -0.2) is 0 Å². The van der Waals surface area contributed by atoms with Crippen molar-refractivity contribution in [3.8, 4) is 0 Å². The number of H-pyrrole nitrogens is 1. The Bertz CT molecular complexity index is 560. The molecule has 1 aromatic rings. The molecule has 0 bridgehead atoms. The van der Waals surface area contributed by atoms with E-state index in [4.69, 9.17) is 10.9 Å². The number of rotatable bonds is 4. The van der Waals surface area contributed by atoms with Crippen molar-refractivity contribution < 1.29 is 13.6 Å². The van der Waals surface area contributed by atoms with Gasteiger partial charge in [0.05, 0.1) is 11.8 Å². The van der Waals surface area contributed by atoms with Crippen molar-refractivity contribution in [2.24, 2.45) is 10.9 Å². The molecule has 1 aliphatic rings. The van der Waals surface area contributed by atoms with Gasteiger partial charge in [0.15, 0.2) is 5.84 Å². The normalized spacial score (nSPS) is 18.4. The van der Waals surface area contributed by atoms with E-state index in [1.807, 2.05) is 0 Å². The lowest BCUT2D eigenvalue weighted by Crippen LogP contribution is -2.39. The first-order chi connectivity index (χ1) is 9.04. The van der Waals surface area contributed by atoms with E-state index in [1.54, 1.807) is 0 Å². The molecule has 1 aliphatic heterocycles.